The van der Waals surface area contributed by atoms with Crippen LogP contribution < -0.4 is 5.73 Å². The van der Waals surface area contributed by atoms with Crippen molar-refractivity contribution in [1.29, 1.82) is 0 Å². The average Bonchev–Trinajstić information content (AvgIpc) is 2.98. The predicted molar refractivity (Wildman–Crippen MR) is 82.1 cm³/mol. The van der Waals surface area contributed by atoms with Gasteiger partial charge in [-0.05, 0) is 44.3 Å². The van der Waals surface area contributed by atoms with Gasteiger partial charge in [0, 0.05) is 12.1 Å². The van der Waals surface area contributed by atoms with Crippen LogP contribution in [0.25, 0.3) is 0 Å². The molecule has 106 valence electrons. The van der Waals surface area contributed by atoms with Gasteiger partial charge in [0.1, 0.15) is 0 Å². The van der Waals surface area contributed by atoms with Crippen molar-refractivity contribution in [2.24, 2.45) is 5.73 Å². The fourth-order valence-corrected chi connectivity index (χ4v) is 3.25. The smallest absolute Gasteiger partial charge is 0.0295 e. The second-order valence-corrected chi connectivity index (χ2v) is 5.73. The lowest BCUT2D eigenvalue weighted by atomic mass is 10.0. The second kappa shape index (κ2) is 7.66. The topological polar surface area (TPSA) is 29.3 Å². The van der Waals surface area contributed by atoms with Gasteiger partial charge in [-0.15, -0.1) is 0 Å². The van der Waals surface area contributed by atoms with Gasteiger partial charge < -0.3 is 10.6 Å². The third-order valence-corrected chi connectivity index (χ3v) is 4.44. The summed E-state index contributed by atoms with van der Waals surface area (Å²) in [6, 6.07) is 11.5. The molecule has 0 saturated heterocycles. The van der Waals surface area contributed by atoms with E-state index in [4.69, 9.17) is 5.73 Å². The normalized spacial score (nSPS) is 18.1. The first-order chi connectivity index (χ1) is 9.31. The number of rotatable bonds is 7. The molecule has 1 saturated carbocycles. The van der Waals surface area contributed by atoms with Crippen LogP contribution in [-0.4, -0.2) is 24.0 Å². The fourth-order valence-electron chi connectivity index (χ4n) is 3.25. The van der Waals surface area contributed by atoms with Crippen LogP contribution in [0.5, 0.6) is 0 Å². The van der Waals surface area contributed by atoms with Gasteiger partial charge in [0.25, 0.3) is 0 Å². The molecule has 1 aliphatic rings. The van der Waals surface area contributed by atoms with E-state index in [9.17, 15) is 0 Å². The molecule has 19 heavy (non-hydrogen) atoms. The van der Waals surface area contributed by atoms with Gasteiger partial charge >= 0.3 is 0 Å². The lowest BCUT2D eigenvalue weighted by Crippen LogP contribution is -2.34. The zero-order valence-corrected chi connectivity index (χ0v) is 12.2. The summed E-state index contributed by atoms with van der Waals surface area (Å²) in [6.07, 6.45) is 7.94. The van der Waals surface area contributed by atoms with E-state index in [-0.39, 0.29) is 6.04 Å². The van der Waals surface area contributed by atoms with Crippen molar-refractivity contribution in [1.82, 2.24) is 4.90 Å². The Balaban J connectivity index is 1.73. The van der Waals surface area contributed by atoms with Gasteiger partial charge in [-0.1, -0.05) is 50.1 Å². The maximum atomic E-state index is 6.26. The van der Waals surface area contributed by atoms with E-state index in [0.717, 1.165) is 12.5 Å². The van der Waals surface area contributed by atoms with Crippen LogP contribution in [0, 0.1) is 0 Å². The van der Waals surface area contributed by atoms with E-state index in [1.54, 1.807) is 0 Å². The molecule has 0 aromatic heterocycles. The van der Waals surface area contributed by atoms with Gasteiger partial charge in [-0.25, -0.2) is 0 Å². The highest BCUT2D eigenvalue weighted by atomic mass is 15.1. The third kappa shape index (κ3) is 4.32. The molecule has 1 atom stereocenters. The van der Waals surface area contributed by atoms with Crippen molar-refractivity contribution >= 4 is 0 Å². The monoisotopic (exact) mass is 260 g/mol. The van der Waals surface area contributed by atoms with Gasteiger partial charge in [-0.3, -0.25) is 0 Å². The fraction of sp³-hybridized carbons (Fsp3) is 0.647. The molecule has 1 aromatic carbocycles. The molecule has 0 spiro atoms. The Bertz CT molecular complexity index is 344. The summed E-state index contributed by atoms with van der Waals surface area (Å²) in [7, 11) is 0. The van der Waals surface area contributed by atoms with E-state index < -0.39 is 0 Å². The van der Waals surface area contributed by atoms with E-state index in [1.165, 1.54) is 50.8 Å². The molecule has 2 N–H and O–H groups in total. The average molecular weight is 260 g/mol. The van der Waals surface area contributed by atoms with Crippen molar-refractivity contribution < 1.29 is 0 Å². The first-order valence-corrected chi connectivity index (χ1v) is 7.86. The van der Waals surface area contributed by atoms with E-state index in [1.807, 2.05) is 0 Å². The Kier molecular flexibility index (Phi) is 5.87. The van der Waals surface area contributed by atoms with Crippen molar-refractivity contribution in [3.8, 4) is 0 Å². The highest BCUT2D eigenvalue weighted by Gasteiger charge is 2.20. The number of hydrogen-bond acceptors (Lipinski definition) is 2. The van der Waals surface area contributed by atoms with Gasteiger partial charge in [-0.2, -0.15) is 0 Å². The van der Waals surface area contributed by atoms with Gasteiger partial charge in [0.05, 0.1) is 0 Å². The standard InChI is InChI=1S/C17H28N2/c1-2-19(16-11-6-7-12-16)14-8-13-17(18)15-9-4-3-5-10-15/h3-5,9-10,16-17H,2,6-8,11-14,18H2,1H3. The Labute approximate surface area is 118 Å². The van der Waals surface area contributed by atoms with Crippen LogP contribution in [0.2, 0.25) is 0 Å². The molecule has 1 unspecified atom stereocenters. The van der Waals surface area contributed by atoms with Crippen LogP contribution in [-0.2, 0) is 0 Å². The summed E-state index contributed by atoms with van der Waals surface area (Å²) in [4.78, 5) is 2.66. The van der Waals surface area contributed by atoms with E-state index in [0.29, 0.717) is 0 Å². The summed E-state index contributed by atoms with van der Waals surface area (Å²) in [5, 5.41) is 0. The van der Waals surface area contributed by atoms with Crippen molar-refractivity contribution in [2.75, 3.05) is 13.1 Å². The minimum atomic E-state index is 0.198. The minimum Gasteiger partial charge on any atom is -0.324 e. The summed E-state index contributed by atoms with van der Waals surface area (Å²) in [5.41, 5.74) is 7.53. The molecular weight excluding hydrogens is 232 g/mol. The molecule has 1 fully saturated rings. The SMILES string of the molecule is CCN(CCCC(N)c1ccccc1)C1CCCC1. The lowest BCUT2D eigenvalue weighted by Gasteiger charge is -2.27. The van der Waals surface area contributed by atoms with E-state index >= 15 is 0 Å². The quantitative estimate of drug-likeness (QED) is 0.809. The summed E-state index contributed by atoms with van der Waals surface area (Å²) in [5.74, 6) is 0. The summed E-state index contributed by atoms with van der Waals surface area (Å²) < 4.78 is 0. The molecule has 0 radical (unpaired) electrons. The number of hydrogen-bond donors (Lipinski definition) is 1. The third-order valence-electron chi connectivity index (χ3n) is 4.44. The first kappa shape index (κ1) is 14.5. The zero-order valence-electron chi connectivity index (χ0n) is 12.2. The molecular formula is C17H28N2. The molecule has 0 amide bonds. The highest BCUT2D eigenvalue weighted by Crippen LogP contribution is 2.24. The van der Waals surface area contributed by atoms with Crippen LogP contribution in [0.15, 0.2) is 30.3 Å². The predicted octanol–water partition coefficient (Wildman–Crippen LogP) is 3.73. The summed E-state index contributed by atoms with van der Waals surface area (Å²) in [6.45, 7) is 4.68. The molecule has 1 aliphatic carbocycles. The van der Waals surface area contributed by atoms with Crippen LogP contribution in [0.3, 0.4) is 0 Å². The molecule has 2 rings (SSSR count). The summed E-state index contributed by atoms with van der Waals surface area (Å²) >= 11 is 0. The largest absolute Gasteiger partial charge is 0.324 e. The zero-order chi connectivity index (χ0) is 13.5. The molecule has 0 bridgehead atoms. The van der Waals surface area contributed by atoms with Crippen molar-refractivity contribution in [3.63, 3.8) is 0 Å². The molecule has 2 nitrogen and oxygen atoms in total. The maximum absolute atomic E-state index is 6.26. The number of nitrogens with two attached hydrogens (primary N) is 1. The van der Waals surface area contributed by atoms with Crippen molar-refractivity contribution in [3.05, 3.63) is 35.9 Å². The van der Waals surface area contributed by atoms with Gasteiger partial charge in [0.15, 0.2) is 0 Å². The highest BCUT2D eigenvalue weighted by molar-refractivity contribution is 5.18. The number of nitrogens with zero attached hydrogens (tertiary/aromatic N) is 1. The van der Waals surface area contributed by atoms with E-state index in [2.05, 4.69) is 42.2 Å². The van der Waals surface area contributed by atoms with Crippen molar-refractivity contribution in [2.45, 2.75) is 57.5 Å². The Morgan fingerprint density at radius 1 is 1.21 bits per heavy atom. The van der Waals surface area contributed by atoms with Gasteiger partial charge in [0.2, 0.25) is 0 Å². The first-order valence-electron chi connectivity index (χ1n) is 7.86. The Morgan fingerprint density at radius 3 is 2.53 bits per heavy atom. The molecule has 1 aromatic rings. The van der Waals surface area contributed by atoms with Crippen LogP contribution in [0.1, 0.15) is 57.1 Å². The number of benzene rings is 1. The molecule has 2 heteroatoms. The molecule has 0 aliphatic heterocycles. The van der Waals surface area contributed by atoms with Crippen LogP contribution >= 0.6 is 0 Å². The Morgan fingerprint density at radius 2 is 1.89 bits per heavy atom. The molecule has 0 heterocycles. The lowest BCUT2D eigenvalue weighted by molar-refractivity contribution is 0.203. The maximum Gasteiger partial charge on any atom is 0.0295 e. The van der Waals surface area contributed by atoms with Crippen LogP contribution in [0.4, 0.5) is 0 Å². The Hall–Kier alpha value is -0.860. The minimum absolute atomic E-state index is 0.198. The second-order valence-electron chi connectivity index (χ2n) is 5.73.